The number of nitrogens with one attached hydrogen (secondary N) is 1. The first-order valence-electron chi connectivity index (χ1n) is 8.57. The molecule has 0 aliphatic heterocycles. The lowest BCUT2D eigenvalue weighted by atomic mass is 9.71. The Morgan fingerprint density at radius 1 is 0.944 bits per heavy atom. The van der Waals surface area contributed by atoms with Gasteiger partial charge < -0.3 is 5.32 Å². The molecule has 0 aromatic carbocycles. The molecule has 1 N–H and O–H groups in total. The minimum Gasteiger partial charge on any atom is -0.311 e. The third-order valence-corrected chi connectivity index (χ3v) is 5.30. The highest BCUT2D eigenvalue weighted by Crippen LogP contribution is 2.38. The van der Waals surface area contributed by atoms with Gasteiger partial charge in [0.1, 0.15) is 0 Å². The summed E-state index contributed by atoms with van der Waals surface area (Å²) in [6.45, 7) is 4.69. The van der Waals surface area contributed by atoms with Crippen molar-refractivity contribution in [1.29, 1.82) is 0 Å². The molecule has 106 valence electrons. The molecule has 2 fully saturated rings. The van der Waals surface area contributed by atoms with Gasteiger partial charge in [0.05, 0.1) is 0 Å². The first kappa shape index (κ1) is 14.4. The molecule has 2 rings (SSSR count). The van der Waals surface area contributed by atoms with Crippen LogP contribution in [-0.2, 0) is 0 Å². The topological polar surface area (TPSA) is 12.0 Å². The average molecular weight is 251 g/mol. The number of hydrogen-bond donors (Lipinski definition) is 1. The second-order valence-electron chi connectivity index (χ2n) is 6.81. The number of rotatable bonds is 5. The zero-order valence-electron chi connectivity index (χ0n) is 12.6. The molecule has 18 heavy (non-hydrogen) atoms. The molecule has 3 unspecified atom stereocenters. The predicted molar refractivity (Wildman–Crippen MR) is 79.8 cm³/mol. The molecule has 1 nitrogen and oxygen atoms in total. The van der Waals surface area contributed by atoms with E-state index in [1.165, 1.54) is 70.6 Å². The van der Waals surface area contributed by atoms with E-state index in [9.17, 15) is 0 Å². The third-order valence-electron chi connectivity index (χ3n) is 5.30. The molecule has 0 aromatic heterocycles. The van der Waals surface area contributed by atoms with Crippen LogP contribution < -0.4 is 5.32 Å². The summed E-state index contributed by atoms with van der Waals surface area (Å²) in [5.41, 5.74) is 0. The minimum atomic E-state index is 0.726. The van der Waals surface area contributed by atoms with Crippen molar-refractivity contribution in [3.8, 4) is 0 Å². The van der Waals surface area contributed by atoms with Gasteiger partial charge in [-0.25, -0.2) is 0 Å². The van der Waals surface area contributed by atoms with Crippen molar-refractivity contribution in [2.75, 3.05) is 0 Å². The zero-order chi connectivity index (χ0) is 12.8. The molecule has 0 spiro atoms. The second-order valence-corrected chi connectivity index (χ2v) is 6.81. The summed E-state index contributed by atoms with van der Waals surface area (Å²) in [5, 5.41) is 3.97. The molecule has 3 atom stereocenters. The maximum Gasteiger partial charge on any atom is 0.0100 e. The minimum absolute atomic E-state index is 0.726. The quantitative estimate of drug-likeness (QED) is 0.732. The normalized spacial score (nSPS) is 32.3. The Morgan fingerprint density at radius 3 is 2.33 bits per heavy atom. The Kier molecular flexibility index (Phi) is 6.01. The van der Waals surface area contributed by atoms with Crippen LogP contribution in [0.4, 0.5) is 0 Å². The number of hydrogen-bond acceptors (Lipinski definition) is 1. The Balaban J connectivity index is 1.88. The zero-order valence-corrected chi connectivity index (χ0v) is 12.6. The highest BCUT2D eigenvalue weighted by Gasteiger charge is 2.32. The van der Waals surface area contributed by atoms with Gasteiger partial charge in [0.25, 0.3) is 0 Å². The third kappa shape index (κ3) is 3.98. The summed E-state index contributed by atoms with van der Waals surface area (Å²) in [5.74, 6) is 2.05. The van der Waals surface area contributed by atoms with Gasteiger partial charge in [-0.05, 0) is 38.0 Å². The molecule has 0 saturated heterocycles. The fourth-order valence-corrected chi connectivity index (χ4v) is 4.37. The lowest BCUT2D eigenvalue weighted by molar-refractivity contribution is 0.142. The summed E-state index contributed by atoms with van der Waals surface area (Å²) >= 11 is 0. The van der Waals surface area contributed by atoms with E-state index in [0.29, 0.717) is 0 Å². The highest BCUT2D eigenvalue weighted by molar-refractivity contribution is 4.88. The van der Waals surface area contributed by atoms with Crippen molar-refractivity contribution >= 4 is 0 Å². The predicted octanol–water partition coefficient (Wildman–Crippen LogP) is 4.90. The smallest absolute Gasteiger partial charge is 0.0100 e. The molecule has 2 aliphatic rings. The molecule has 1 heteroatoms. The van der Waals surface area contributed by atoms with Crippen LogP contribution >= 0.6 is 0 Å². The van der Waals surface area contributed by atoms with E-state index in [1.54, 1.807) is 0 Å². The first-order valence-corrected chi connectivity index (χ1v) is 8.57. The molecule has 0 radical (unpaired) electrons. The van der Waals surface area contributed by atoms with Gasteiger partial charge in [0.2, 0.25) is 0 Å². The van der Waals surface area contributed by atoms with Crippen LogP contribution in [0.25, 0.3) is 0 Å². The Bertz CT molecular complexity index is 220. The van der Waals surface area contributed by atoms with Crippen molar-refractivity contribution in [2.45, 2.75) is 96.6 Å². The van der Waals surface area contributed by atoms with Gasteiger partial charge >= 0.3 is 0 Å². The monoisotopic (exact) mass is 251 g/mol. The first-order chi connectivity index (χ1) is 8.81. The molecule has 0 amide bonds. The molecular formula is C17H33N. The van der Waals surface area contributed by atoms with Crippen LogP contribution in [0.15, 0.2) is 0 Å². The summed E-state index contributed by atoms with van der Waals surface area (Å²) in [7, 11) is 0. The Morgan fingerprint density at radius 2 is 1.61 bits per heavy atom. The summed E-state index contributed by atoms with van der Waals surface area (Å²) in [6, 6.07) is 1.56. The van der Waals surface area contributed by atoms with E-state index >= 15 is 0 Å². The largest absolute Gasteiger partial charge is 0.311 e. The molecule has 0 heterocycles. The van der Waals surface area contributed by atoms with E-state index in [0.717, 1.165) is 23.9 Å². The van der Waals surface area contributed by atoms with Crippen LogP contribution in [0.3, 0.4) is 0 Å². The molecule has 0 aromatic rings. The SMILES string of the molecule is CCCC(C)NC1CCCCC1C1CCCCC1. The summed E-state index contributed by atoms with van der Waals surface area (Å²) < 4.78 is 0. The maximum absolute atomic E-state index is 3.97. The standard InChI is InChI=1S/C17H33N/c1-3-9-14(2)18-17-13-8-7-12-16(17)15-10-5-4-6-11-15/h14-18H,3-13H2,1-2H3. The maximum atomic E-state index is 3.97. The van der Waals surface area contributed by atoms with Crippen molar-refractivity contribution in [2.24, 2.45) is 11.8 Å². The van der Waals surface area contributed by atoms with Gasteiger partial charge in [-0.3, -0.25) is 0 Å². The van der Waals surface area contributed by atoms with Crippen molar-refractivity contribution < 1.29 is 0 Å². The summed E-state index contributed by atoms with van der Waals surface area (Å²) in [6.07, 6.45) is 16.1. The van der Waals surface area contributed by atoms with Gasteiger partial charge in [0, 0.05) is 12.1 Å². The molecule has 2 saturated carbocycles. The average Bonchev–Trinajstić information content (AvgIpc) is 2.40. The lowest BCUT2D eigenvalue weighted by Crippen LogP contribution is -2.46. The van der Waals surface area contributed by atoms with E-state index in [1.807, 2.05) is 0 Å². The van der Waals surface area contributed by atoms with E-state index in [-0.39, 0.29) is 0 Å². The highest BCUT2D eigenvalue weighted by atomic mass is 15.0. The van der Waals surface area contributed by atoms with Gasteiger partial charge in [0.15, 0.2) is 0 Å². The van der Waals surface area contributed by atoms with Crippen LogP contribution in [-0.4, -0.2) is 12.1 Å². The van der Waals surface area contributed by atoms with Crippen molar-refractivity contribution in [1.82, 2.24) is 5.32 Å². The second kappa shape index (κ2) is 7.53. The Hall–Kier alpha value is -0.0400. The van der Waals surface area contributed by atoms with Crippen LogP contribution in [0.1, 0.15) is 84.5 Å². The fraction of sp³-hybridized carbons (Fsp3) is 1.00. The molecular weight excluding hydrogens is 218 g/mol. The van der Waals surface area contributed by atoms with Gasteiger partial charge in [-0.2, -0.15) is 0 Å². The van der Waals surface area contributed by atoms with Gasteiger partial charge in [-0.15, -0.1) is 0 Å². The molecule has 2 aliphatic carbocycles. The van der Waals surface area contributed by atoms with Crippen molar-refractivity contribution in [3.63, 3.8) is 0 Å². The van der Waals surface area contributed by atoms with Crippen molar-refractivity contribution in [3.05, 3.63) is 0 Å². The van der Waals surface area contributed by atoms with E-state index in [4.69, 9.17) is 0 Å². The lowest BCUT2D eigenvalue weighted by Gasteiger charge is -2.40. The molecule has 0 bridgehead atoms. The van der Waals surface area contributed by atoms with Crippen LogP contribution in [0, 0.1) is 11.8 Å². The Labute approximate surface area is 114 Å². The van der Waals surface area contributed by atoms with E-state index in [2.05, 4.69) is 19.2 Å². The van der Waals surface area contributed by atoms with Crippen LogP contribution in [0.5, 0.6) is 0 Å². The van der Waals surface area contributed by atoms with Crippen LogP contribution in [0.2, 0.25) is 0 Å². The summed E-state index contributed by atoms with van der Waals surface area (Å²) in [4.78, 5) is 0. The fourth-order valence-electron chi connectivity index (χ4n) is 4.37. The van der Waals surface area contributed by atoms with E-state index < -0.39 is 0 Å². The van der Waals surface area contributed by atoms with Gasteiger partial charge in [-0.1, -0.05) is 58.3 Å².